The predicted octanol–water partition coefficient (Wildman–Crippen LogP) is 2.00. The average molecular weight is 279 g/mol. The zero-order valence-electron chi connectivity index (χ0n) is 10.1. The summed E-state index contributed by atoms with van der Waals surface area (Å²) in [6.07, 6.45) is 1.51. The van der Waals surface area contributed by atoms with E-state index < -0.39 is 5.91 Å². The molecule has 0 radical (unpaired) electrons. The van der Waals surface area contributed by atoms with Crippen molar-refractivity contribution in [3.8, 4) is 5.75 Å². The second-order valence-electron chi connectivity index (χ2n) is 3.98. The minimum absolute atomic E-state index is 0.0107. The zero-order chi connectivity index (χ0) is 14.0. The van der Waals surface area contributed by atoms with Crippen molar-refractivity contribution >= 4 is 23.2 Å². The Morgan fingerprint density at radius 1 is 1.32 bits per heavy atom. The molecule has 1 aromatic carbocycles. The van der Waals surface area contributed by atoms with Crippen LogP contribution in [0.2, 0.25) is 5.02 Å². The summed E-state index contributed by atoms with van der Waals surface area (Å²) >= 11 is 5.88. The number of amides is 1. The molecule has 0 aliphatic carbocycles. The van der Waals surface area contributed by atoms with Gasteiger partial charge in [0.15, 0.2) is 0 Å². The Bertz CT molecular complexity index is 695. The maximum Gasteiger partial charge on any atom is 0.255 e. The second-order valence-corrected chi connectivity index (χ2v) is 4.39. The summed E-state index contributed by atoms with van der Waals surface area (Å²) in [5.74, 6) is -0.429. The maximum absolute atomic E-state index is 11.9. The monoisotopic (exact) mass is 278 g/mol. The number of hydrogen-bond donors (Lipinski definition) is 2. The average Bonchev–Trinajstić information content (AvgIpc) is 2.36. The Morgan fingerprint density at radius 2 is 2.05 bits per heavy atom. The Kier molecular flexibility index (Phi) is 3.57. The molecule has 0 atom stereocenters. The fourth-order valence-corrected chi connectivity index (χ4v) is 1.71. The Morgan fingerprint density at radius 3 is 2.68 bits per heavy atom. The predicted molar refractivity (Wildman–Crippen MR) is 72.8 cm³/mol. The molecule has 1 aromatic heterocycles. The van der Waals surface area contributed by atoms with Gasteiger partial charge in [-0.1, -0.05) is 11.6 Å². The lowest BCUT2D eigenvalue weighted by molar-refractivity contribution is 0.102. The van der Waals surface area contributed by atoms with Crippen molar-refractivity contribution in [2.75, 3.05) is 5.32 Å². The van der Waals surface area contributed by atoms with Gasteiger partial charge in [-0.05, 0) is 18.2 Å². The lowest BCUT2D eigenvalue weighted by Crippen LogP contribution is -2.20. The summed E-state index contributed by atoms with van der Waals surface area (Å²) < 4.78 is 1.37. The molecule has 0 bridgehead atoms. The molecule has 2 N–H and O–H groups in total. The van der Waals surface area contributed by atoms with Crippen LogP contribution in [0.1, 0.15) is 10.4 Å². The Labute approximate surface area is 114 Å². The topological polar surface area (TPSA) is 71.3 Å². The minimum atomic E-state index is -0.440. The summed E-state index contributed by atoms with van der Waals surface area (Å²) in [4.78, 5) is 23.4. The Balaban J connectivity index is 2.25. The molecule has 0 saturated heterocycles. The second kappa shape index (κ2) is 5.16. The van der Waals surface area contributed by atoms with Gasteiger partial charge in [-0.15, -0.1) is 0 Å². The van der Waals surface area contributed by atoms with E-state index in [-0.39, 0.29) is 21.9 Å². The first-order valence-electron chi connectivity index (χ1n) is 5.44. The number of rotatable bonds is 2. The molecule has 0 fully saturated rings. The van der Waals surface area contributed by atoms with Crippen LogP contribution in [0.15, 0.2) is 41.3 Å². The molecule has 6 heteroatoms. The summed E-state index contributed by atoms with van der Waals surface area (Å²) in [7, 11) is 1.60. The highest BCUT2D eigenvalue weighted by molar-refractivity contribution is 6.34. The van der Waals surface area contributed by atoms with E-state index in [0.29, 0.717) is 5.69 Å². The number of pyridine rings is 1. The number of nitrogens with zero attached hydrogens (tertiary/aromatic N) is 1. The van der Waals surface area contributed by atoms with Gasteiger partial charge in [0, 0.05) is 30.9 Å². The highest BCUT2D eigenvalue weighted by atomic mass is 35.5. The summed E-state index contributed by atoms with van der Waals surface area (Å²) in [5.41, 5.74) is 0.335. The number of aryl methyl sites for hydroxylation is 1. The van der Waals surface area contributed by atoms with E-state index in [1.807, 2.05) is 0 Å². The van der Waals surface area contributed by atoms with E-state index in [0.717, 1.165) is 0 Å². The molecule has 0 aliphatic rings. The number of benzene rings is 1. The van der Waals surface area contributed by atoms with Crippen molar-refractivity contribution < 1.29 is 9.90 Å². The van der Waals surface area contributed by atoms with E-state index in [1.165, 1.54) is 41.1 Å². The van der Waals surface area contributed by atoms with Crippen LogP contribution < -0.4 is 10.9 Å². The third kappa shape index (κ3) is 2.95. The number of carbonyl (C=O) groups is 1. The molecular formula is C13H11ClN2O3. The number of aromatic nitrogens is 1. The first-order chi connectivity index (χ1) is 8.97. The van der Waals surface area contributed by atoms with Crippen LogP contribution in [0.4, 0.5) is 5.69 Å². The molecule has 0 spiro atoms. The van der Waals surface area contributed by atoms with Gasteiger partial charge in [0.1, 0.15) is 5.75 Å². The van der Waals surface area contributed by atoms with Crippen LogP contribution in [-0.2, 0) is 7.05 Å². The molecule has 2 rings (SSSR count). The fourth-order valence-electron chi connectivity index (χ4n) is 1.49. The Hall–Kier alpha value is -2.27. The van der Waals surface area contributed by atoms with Gasteiger partial charge < -0.3 is 15.0 Å². The van der Waals surface area contributed by atoms with E-state index in [1.54, 1.807) is 7.05 Å². The summed E-state index contributed by atoms with van der Waals surface area (Å²) in [6, 6.07) is 6.98. The molecule has 0 aliphatic heterocycles. The molecule has 98 valence electrons. The van der Waals surface area contributed by atoms with Crippen LogP contribution in [0.5, 0.6) is 5.75 Å². The van der Waals surface area contributed by atoms with Crippen molar-refractivity contribution in [3.63, 3.8) is 0 Å². The van der Waals surface area contributed by atoms with Crippen molar-refractivity contribution in [2.45, 2.75) is 0 Å². The fraction of sp³-hybridized carbons (Fsp3) is 0.0769. The third-order valence-electron chi connectivity index (χ3n) is 2.57. The molecule has 5 nitrogen and oxygen atoms in total. The molecule has 0 saturated carbocycles. The highest BCUT2D eigenvalue weighted by Gasteiger charge is 2.09. The largest absolute Gasteiger partial charge is 0.508 e. The van der Waals surface area contributed by atoms with E-state index in [9.17, 15) is 14.7 Å². The van der Waals surface area contributed by atoms with Gasteiger partial charge >= 0.3 is 0 Å². The van der Waals surface area contributed by atoms with Gasteiger partial charge in [0.2, 0.25) is 0 Å². The van der Waals surface area contributed by atoms with Gasteiger partial charge in [-0.2, -0.15) is 0 Å². The minimum Gasteiger partial charge on any atom is -0.508 e. The maximum atomic E-state index is 11.9. The number of carbonyl (C=O) groups excluding carboxylic acids is 1. The van der Waals surface area contributed by atoms with Crippen molar-refractivity contribution in [1.82, 2.24) is 4.57 Å². The van der Waals surface area contributed by atoms with Crippen molar-refractivity contribution in [2.24, 2.45) is 7.05 Å². The summed E-state index contributed by atoms with van der Waals surface area (Å²) in [6.45, 7) is 0. The van der Waals surface area contributed by atoms with Gasteiger partial charge in [-0.25, -0.2) is 0 Å². The lowest BCUT2D eigenvalue weighted by Gasteiger charge is -2.07. The molecule has 19 heavy (non-hydrogen) atoms. The first kappa shape index (κ1) is 13.2. The molecule has 0 unspecified atom stereocenters. The smallest absolute Gasteiger partial charge is 0.255 e. The van der Waals surface area contributed by atoms with Crippen LogP contribution in [0.3, 0.4) is 0 Å². The van der Waals surface area contributed by atoms with Crippen molar-refractivity contribution in [3.05, 3.63) is 57.5 Å². The number of halogens is 1. The van der Waals surface area contributed by atoms with Crippen LogP contribution in [0, 0.1) is 0 Å². The zero-order valence-corrected chi connectivity index (χ0v) is 10.8. The van der Waals surface area contributed by atoms with E-state index >= 15 is 0 Å². The number of phenols is 1. The van der Waals surface area contributed by atoms with E-state index in [2.05, 4.69) is 5.32 Å². The molecule has 1 heterocycles. The quantitative estimate of drug-likeness (QED) is 0.826. The first-order valence-corrected chi connectivity index (χ1v) is 5.82. The van der Waals surface area contributed by atoms with E-state index in [4.69, 9.17) is 11.6 Å². The van der Waals surface area contributed by atoms with Crippen LogP contribution in [0.25, 0.3) is 0 Å². The number of phenolic OH excluding ortho intramolecular Hbond substituents is 1. The van der Waals surface area contributed by atoms with Gasteiger partial charge in [-0.3, -0.25) is 9.59 Å². The van der Waals surface area contributed by atoms with Gasteiger partial charge in [0.05, 0.1) is 10.7 Å². The number of anilines is 1. The standard InChI is InChI=1S/C13H11ClN2O3/c1-16-5-4-8(6-12(16)18)13(19)15-11-3-2-9(17)7-10(11)14/h2-7,17H,1H3,(H,15,19). The highest BCUT2D eigenvalue weighted by Crippen LogP contribution is 2.26. The van der Waals surface area contributed by atoms with Crippen LogP contribution in [-0.4, -0.2) is 15.6 Å². The van der Waals surface area contributed by atoms with Crippen molar-refractivity contribution in [1.29, 1.82) is 0 Å². The molecule has 1 amide bonds. The third-order valence-corrected chi connectivity index (χ3v) is 2.88. The molecular weight excluding hydrogens is 268 g/mol. The summed E-state index contributed by atoms with van der Waals surface area (Å²) in [5, 5.41) is 12.0. The van der Waals surface area contributed by atoms with Crippen LogP contribution >= 0.6 is 11.6 Å². The normalized spacial score (nSPS) is 10.2. The number of aromatic hydroxyl groups is 1. The number of hydrogen-bond acceptors (Lipinski definition) is 3. The SMILES string of the molecule is Cn1ccc(C(=O)Nc2ccc(O)cc2Cl)cc1=O. The lowest BCUT2D eigenvalue weighted by atomic mass is 10.2. The number of nitrogens with one attached hydrogen (secondary N) is 1. The van der Waals surface area contributed by atoms with Gasteiger partial charge in [0.25, 0.3) is 11.5 Å². The molecule has 2 aromatic rings.